The molecule has 16 heavy (non-hydrogen) atoms. The zero-order valence-electron chi connectivity index (χ0n) is 9.79. The van der Waals surface area contributed by atoms with Gasteiger partial charge >= 0.3 is 0 Å². The Morgan fingerprint density at radius 2 is 2.31 bits per heavy atom. The molecule has 0 saturated carbocycles. The molecule has 2 rings (SSSR count). The van der Waals surface area contributed by atoms with Crippen LogP contribution in [0.25, 0.3) is 0 Å². The molecule has 0 spiro atoms. The van der Waals surface area contributed by atoms with Gasteiger partial charge in [-0.05, 0) is 37.6 Å². The van der Waals surface area contributed by atoms with Crippen LogP contribution >= 0.6 is 11.8 Å². The van der Waals surface area contributed by atoms with Crippen LogP contribution in [0.15, 0.2) is 23.1 Å². The number of fused-ring (bicyclic) bond motifs is 1. The molecule has 0 bridgehead atoms. The second-order valence-electron chi connectivity index (χ2n) is 4.30. The third-order valence-corrected chi connectivity index (χ3v) is 4.48. The van der Waals surface area contributed by atoms with E-state index in [4.69, 9.17) is 0 Å². The lowest BCUT2D eigenvalue weighted by molar-refractivity contribution is 0.372. The lowest BCUT2D eigenvalue weighted by atomic mass is 9.92. The highest BCUT2D eigenvalue weighted by Gasteiger charge is 2.20. The zero-order chi connectivity index (χ0) is 11.5. The standard InChI is InChI=1S/C13H18FNS/c1-9(15-2)12(8-14)10-3-4-13-11(7-10)5-6-16-13/h3-4,7,9,12,15H,5-6,8H2,1-2H3. The molecule has 0 saturated heterocycles. The number of alkyl halides is 1. The van der Waals surface area contributed by atoms with Crippen LogP contribution in [0.4, 0.5) is 4.39 Å². The molecular weight excluding hydrogens is 221 g/mol. The predicted octanol–water partition coefficient (Wildman–Crippen LogP) is 3.00. The quantitative estimate of drug-likeness (QED) is 0.867. The molecule has 1 aliphatic heterocycles. The van der Waals surface area contributed by atoms with Crippen molar-refractivity contribution in [3.63, 3.8) is 0 Å². The van der Waals surface area contributed by atoms with Crippen molar-refractivity contribution >= 4 is 11.8 Å². The predicted molar refractivity (Wildman–Crippen MR) is 68.1 cm³/mol. The molecule has 0 amide bonds. The Balaban J connectivity index is 2.25. The summed E-state index contributed by atoms with van der Waals surface area (Å²) >= 11 is 1.90. The molecule has 1 N–H and O–H groups in total. The van der Waals surface area contributed by atoms with Crippen molar-refractivity contribution in [1.82, 2.24) is 5.32 Å². The number of hydrogen-bond acceptors (Lipinski definition) is 2. The van der Waals surface area contributed by atoms with Crippen molar-refractivity contribution < 1.29 is 4.39 Å². The minimum absolute atomic E-state index is 0.0269. The topological polar surface area (TPSA) is 12.0 Å². The van der Waals surface area contributed by atoms with Gasteiger partial charge in [0.2, 0.25) is 0 Å². The maximum absolute atomic E-state index is 13.1. The summed E-state index contributed by atoms with van der Waals surface area (Å²) in [4.78, 5) is 1.37. The van der Waals surface area contributed by atoms with Gasteiger partial charge in [0.15, 0.2) is 0 Å². The first-order valence-electron chi connectivity index (χ1n) is 5.75. The first kappa shape index (κ1) is 11.9. The molecular formula is C13H18FNS. The number of aryl methyl sites for hydroxylation is 1. The van der Waals surface area contributed by atoms with Crippen molar-refractivity contribution in [2.75, 3.05) is 19.5 Å². The largest absolute Gasteiger partial charge is 0.317 e. The highest BCUT2D eigenvalue weighted by molar-refractivity contribution is 7.99. The molecule has 1 nitrogen and oxygen atoms in total. The van der Waals surface area contributed by atoms with Crippen LogP contribution in [0.5, 0.6) is 0 Å². The molecule has 0 aliphatic carbocycles. The van der Waals surface area contributed by atoms with E-state index in [1.54, 1.807) is 0 Å². The molecule has 0 radical (unpaired) electrons. The summed E-state index contributed by atoms with van der Waals surface area (Å²) in [5.41, 5.74) is 2.52. The molecule has 0 aromatic heterocycles. The summed E-state index contributed by atoms with van der Waals surface area (Å²) in [6.45, 7) is 1.74. The first-order chi connectivity index (χ1) is 7.76. The SMILES string of the molecule is CNC(C)C(CF)c1ccc2c(c1)CCS2. The second-order valence-corrected chi connectivity index (χ2v) is 5.44. The minimum Gasteiger partial charge on any atom is -0.317 e. The molecule has 2 atom stereocenters. The third-order valence-electron chi connectivity index (χ3n) is 3.37. The van der Waals surface area contributed by atoms with Crippen molar-refractivity contribution in [2.24, 2.45) is 0 Å². The molecule has 3 heteroatoms. The average Bonchev–Trinajstić information content (AvgIpc) is 2.77. The van der Waals surface area contributed by atoms with Crippen LogP contribution in [0.2, 0.25) is 0 Å². The number of likely N-dealkylation sites (N-methyl/N-ethyl adjacent to an activating group) is 1. The van der Waals surface area contributed by atoms with Crippen molar-refractivity contribution in [3.05, 3.63) is 29.3 Å². The zero-order valence-corrected chi connectivity index (χ0v) is 10.6. The van der Waals surface area contributed by atoms with Crippen LogP contribution in [0.3, 0.4) is 0 Å². The molecule has 2 unspecified atom stereocenters. The van der Waals surface area contributed by atoms with Gasteiger partial charge in [0, 0.05) is 22.6 Å². The highest BCUT2D eigenvalue weighted by Crippen LogP contribution is 2.33. The van der Waals surface area contributed by atoms with E-state index in [2.05, 4.69) is 23.5 Å². The van der Waals surface area contributed by atoms with E-state index in [0.29, 0.717) is 0 Å². The van der Waals surface area contributed by atoms with Crippen molar-refractivity contribution in [1.29, 1.82) is 0 Å². The molecule has 1 aliphatic rings. The summed E-state index contributed by atoms with van der Waals surface area (Å²) in [6, 6.07) is 6.59. The fourth-order valence-electron chi connectivity index (χ4n) is 2.15. The number of benzene rings is 1. The Labute approximate surface area is 101 Å². The number of nitrogens with one attached hydrogen (secondary N) is 1. The van der Waals surface area contributed by atoms with Crippen molar-refractivity contribution in [2.45, 2.75) is 30.2 Å². The Bertz CT molecular complexity index is 367. The number of thioether (sulfide) groups is 1. The van der Waals surface area contributed by atoms with E-state index < -0.39 is 0 Å². The summed E-state index contributed by atoms with van der Waals surface area (Å²) in [6.07, 6.45) is 1.13. The normalized spacial score (nSPS) is 18.2. The average molecular weight is 239 g/mol. The third kappa shape index (κ3) is 2.25. The van der Waals surface area contributed by atoms with E-state index in [0.717, 1.165) is 12.0 Å². The molecule has 1 aromatic carbocycles. The van der Waals surface area contributed by atoms with Crippen molar-refractivity contribution in [3.8, 4) is 0 Å². The van der Waals surface area contributed by atoms with E-state index in [1.165, 1.54) is 16.2 Å². The van der Waals surface area contributed by atoms with Gasteiger partial charge < -0.3 is 5.32 Å². The highest BCUT2D eigenvalue weighted by atomic mass is 32.2. The van der Waals surface area contributed by atoms with Gasteiger partial charge in [0.05, 0.1) is 6.67 Å². The minimum atomic E-state index is -0.298. The smallest absolute Gasteiger partial charge is 0.0977 e. The van der Waals surface area contributed by atoms with Gasteiger partial charge in [0.1, 0.15) is 0 Å². The van der Waals surface area contributed by atoms with Crippen LogP contribution in [-0.2, 0) is 6.42 Å². The summed E-state index contributed by atoms with van der Waals surface area (Å²) < 4.78 is 13.1. The van der Waals surface area contributed by atoms with E-state index in [-0.39, 0.29) is 18.6 Å². The van der Waals surface area contributed by atoms with Crippen LogP contribution in [0.1, 0.15) is 24.0 Å². The summed E-state index contributed by atoms with van der Waals surface area (Å²) in [7, 11) is 1.89. The Kier molecular flexibility index (Phi) is 3.87. The van der Waals surface area contributed by atoms with Gasteiger partial charge in [0.25, 0.3) is 0 Å². The number of rotatable bonds is 4. The first-order valence-corrected chi connectivity index (χ1v) is 6.73. The van der Waals surface area contributed by atoms with Crippen LogP contribution < -0.4 is 5.32 Å². The van der Waals surface area contributed by atoms with Crippen LogP contribution in [-0.4, -0.2) is 25.5 Å². The maximum Gasteiger partial charge on any atom is 0.0977 e. The second kappa shape index (κ2) is 5.19. The maximum atomic E-state index is 13.1. The van der Waals surface area contributed by atoms with Gasteiger partial charge in [-0.15, -0.1) is 11.8 Å². The fourth-order valence-corrected chi connectivity index (χ4v) is 3.20. The molecule has 0 fully saturated rings. The lowest BCUT2D eigenvalue weighted by Gasteiger charge is -2.21. The lowest BCUT2D eigenvalue weighted by Crippen LogP contribution is -2.30. The fraction of sp³-hybridized carbons (Fsp3) is 0.538. The van der Waals surface area contributed by atoms with Gasteiger partial charge in [-0.3, -0.25) is 4.39 Å². The number of hydrogen-bond donors (Lipinski definition) is 1. The van der Waals surface area contributed by atoms with Gasteiger partial charge in [-0.2, -0.15) is 0 Å². The van der Waals surface area contributed by atoms with E-state index >= 15 is 0 Å². The monoisotopic (exact) mass is 239 g/mol. The van der Waals surface area contributed by atoms with Crippen LogP contribution in [0, 0.1) is 0 Å². The van der Waals surface area contributed by atoms with Gasteiger partial charge in [-0.1, -0.05) is 12.1 Å². The summed E-state index contributed by atoms with van der Waals surface area (Å²) in [5.74, 6) is 1.14. The molecule has 1 aromatic rings. The Morgan fingerprint density at radius 1 is 1.50 bits per heavy atom. The summed E-state index contributed by atoms with van der Waals surface area (Å²) in [5, 5.41) is 3.14. The van der Waals surface area contributed by atoms with E-state index in [1.807, 2.05) is 25.7 Å². The Morgan fingerprint density at radius 3 is 3.00 bits per heavy atom. The molecule has 88 valence electrons. The number of halogens is 1. The van der Waals surface area contributed by atoms with E-state index in [9.17, 15) is 4.39 Å². The van der Waals surface area contributed by atoms with Gasteiger partial charge in [-0.25, -0.2) is 0 Å². The molecule has 1 heterocycles. The Hall–Kier alpha value is -0.540.